The molecular weight excluding hydrogens is 471 g/mol. The van der Waals surface area contributed by atoms with Gasteiger partial charge in [0.2, 0.25) is 0 Å². The monoisotopic (exact) mass is 496 g/mol. The lowest BCUT2D eigenvalue weighted by Gasteiger charge is -2.10. The molecule has 2 N–H and O–H groups in total. The van der Waals surface area contributed by atoms with Gasteiger partial charge in [-0.15, -0.1) is 0 Å². The first kappa shape index (κ1) is 24.3. The molecule has 0 aliphatic carbocycles. The van der Waals surface area contributed by atoms with Crippen molar-refractivity contribution >= 4 is 32.4 Å². The topological polar surface area (TPSA) is 97.6 Å². The van der Waals surface area contributed by atoms with Crippen molar-refractivity contribution in [2.75, 3.05) is 24.5 Å². The zero-order chi connectivity index (χ0) is 25.2. The van der Waals surface area contributed by atoms with Crippen LogP contribution in [0, 0.1) is 5.82 Å². The predicted molar refractivity (Wildman–Crippen MR) is 134 cm³/mol. The lowest BCUT2D eigenvalue weighted by molar-refractivity contribution is 0.0964. The van der Waals surface area contributed by atoms with Gasteiger partial charge in [-0.05, 0) is 66.6 Å². The number of aryl methyl sites for hydroxylation is 1. The van der Waals surface area contributed by atoms with Crippen LogP contribution in [-0.2, 0) is 16.3 Å². The normalized spacial score (nSPS) is 11.4. The first-order valence-electron chi connectivity index (χ1n) is 11.0. The summed E-state index contributed by atoms with van der Waals surface area (Å²) in [7, 11) is -1.68. The lowest BCUT2D eigenvalue weighted by Crippen LogP contribution is -2.18. The van der Waals surface area contributed by atoms with Crippen LogP contribution in [0.3, 0.4) is 0 Å². The number of nitrogens with one attached hydrogen (secondary N) is 2. The molecule has 0 unspecified atom stereocenters. The van der Waals surface area contributed by atoms with Gasteiger partial charge in [0.05, 0.1) is 5.56 Å². The van der Waals surface area contributed by atoms with Crippen molar-refractivity contribution in [2.45, 2.75) is 13.3 Å². The summed E-state index contributed by atoms with van der Waals surface area (Å²) in [6.07, 6.45) is 1.79. The molecule has 0 bridgehead atoms. The highest BCUT2D eigenvalue weighted by Gasteiger charge is 2.23. The number of furan rings is 1. The summed E-state index contributed by atoms with van der Waals surface area (Å²) in [6, 6.07) is 16.3. The second-order valence-corrected chi connectivity index (χ2v) is 10.2. The van der Waals surface area contributed by atoms with Crippen molar-refractivity contribution in [1.29, 1.82) is 0 Å². The molecule has 0 spiro atoms. The lowest BCUT2D eigenvalue weighted by atomic mass is 10.0. The van der Waals surface area contributed by atoms with Crippen molar-refractivity contribution in [3.8, 4) is 22.8 Å². The standard InChI is InChI=1S/C26H25FN2O5S/c1-4-16-13-21-23(14-22(16)29-15-35(3,31)32)34-25(24(21)26(30)28-2)17-5-9-19(10-6-17)33-20-11-7-18(27)8-12-20/h5-14,29H,4,15H2,1-3H3,(H,28,30). The summed E-state index contributed by atoms with van der Waals surface area (Å²) < 4.78 is 48.3. The van der Waals surface area contributed by atoms with Gasteiger partial charge in [0.25, 0.3) is 5.91 Å². The maximum Gasteiger partial charge on any atom is 0.255 e. The SMILES string of the molecule is CCc1cc2c(C(=O)NC)c(-c3ccc(Oc4ccc(F)cc4)cc3)oc2cc1NCS(C)(=O)=O. The fourth-order valence-corrected chi connectivity index (χ4v) is 4.14. The fraction of sp³-hybridized carbons (Fsp3) is 0.192. The molecular formula is C26H25FN2O5S. The summed E-state index contributed by atoms with van der Waals surface area (Å²) in [5.74, 6) is 0.560. The molecule has 3 aromatic carbocycles. The third-order valence-electron chi connectivity index (χ3n) is 5.44. The van der Waals surface area contributed by atoms with Gasteiger partial charge in [-0.2, -0.15) is 0 Å². The van der Waals surface area contributed by atoms with Gasteiger partial charge in [-0.25, -0.2) is 12.8 Å². The molecule has 0 saturated carbocycles. The third kappa shape index (κ3) is 5.46. The smallest absolute Gasteiger partial charge is 0.255 e. The van der Waals surface area contributed by atoms with Crippen LogP contribution in [0.5, 0.6) is 11.5 Å². The van der Waals surface area contributed by atoms with Crippen LogP contribution in [-0.4, -0.2) is 33.5 Å². The minimum absolute atomic E-state index is 0.211. The van der Waals surface area contributed by atoms with Crippen molar-refractivity contribution in [1.82, 2.24) is 5.32 Å². The zero-order valence-electron chi connectivity index (χ0n) is 19.5. The van der Waals surface area contributed by atoms with Crippen molar-refractivity contribution < 1.29 is 26.8 Å². The van der Waals surface area contributed by atoms with E-state index in [-0.39, 0.29) is 17.6 Å². The Bertz CT molecular complexity index is 1480. The average Bonchev–Trinajstić information content (AvgIpc) is 3.21. The Hall–Kier alpha value is -3.85. The molecule has 0 atom stereocenters. The minimum atomic E-state index is -3.23. The first-order chi connectivity index (χ1) is 16.7. The molecule has 0 aliphatic heterocycles. The van der Waals surface area contributed by atoms with E-state index in [1.807, 2.05) is 13.0 Å². The molecule has 1 amide bonds. The number of hydrogen-bond acceptors (Lipinski definition) is 6. The first-order valence-corrected chi connectivity index (χ1v) is 13.0. The van der Waals surface area contributed by atoms with Crippen molar-refractivity contribution in [3.63, 3.8) is 0 Å². The van der Waals surface area contributed by atoms with E-state index in [4.69, 9.17) is 9.15 Å². The van der Waals surface area contributed by atoms with E-state index in [0.717, 1.165) is 11.8 Å². The Labute approximate surface area is 202 Å². The number of benzene rings is 3. The van der Waals surface area contributed by atoms with Gasteiger partial charge < -0.3 is 19.8 Å². The summed E-state index contributed by atoms with van der Waals surface area (Å²) in [5, 5.41) is 6.25. The van der Waals surface area contributed by atoms with E-state index < -0.39 is 9.84 Å². The average molecular weight is 497 g/mol. The molecule has 7 nitrogen and oxygen atoms in total. The molecule has 35 heavy (non-hydrogen) atoms. The Morgan fingerprint density at radius 3 is 2.23 bits per heavy atom. The number of ether oxygens (including phenoxy) is 1. The largest absolute Gasteiger partial charge is 0.457 e. The van der Waals surface area contributed by atoms with Gasteiger partial charge in [0, 0.05) is 36.0 Å². The van der Waals surface area contributed by atoms with E-state index in [2.05, 4.69) is 10.6 Å². The third-order valence-corrected chi connectivity index (χ3v) is 6.11. The Morgan fingerprint density at radius 1 is 1.03 bits per heavy atom. The molecule has 4 rings (SSSR count). The molecule has 0 saturated heterocycles. The summed E-state index contributed by atoms with van der Waals surface area (Å²) in [5.41, 5.74) is 3.01. The molecule has 182 valence electrons. The van der Waals surface area contributed by atoms with Gasteiger partial charge in [0.15, 0.2) is 9.84 Å². The van der Waals surface area contributed by atoms with Gasteiger partial charge in [-0.1, -0.05) is 6.92 Å². The van der Waals surface area contributed by atoms with Gasteiger partial charge in [0.1, 0.15) is 34.5 Å². The Morgan fingerprint density at radius 2 is 1.66 bits per heavy atom. The second kappa shape index (κ2) is 9.79. The summed E-state index contributed by atoms with van der Waals surface area (Å²) in [4.78, 5) is 12.8. The highest BCUT2D eigenvalue weighted by Crippen LogP contribution is 2.37. The van der Waals surface area contributed by atoms with Crippen LogP contribution in [0.25, 0.3) is 22.3 Å². The van der Waals surface area contributed by atoms with Crippen LogP contribution in [0.15, 0.2) is 65.1 Å². The number of halogens is 1. The maximum absolute atomic E-state index is 13.1. The van der Waals surface area contributed by atoms with Gasteiger partial charge in [-0.3, -0.25) is 4.79 Å². The van der Waals surface area contributed by atoms with E-state index >= 15 is 0 Å². The van der Waals surface area contributed by atoms with Crippen LogP contribution in [0.4, 0.5) is 10.1 Å². The maximum atomic E-state index is 13.1. The van der Waals surface area contributed by atoms with Crippen molar-refractivity contribution in [2.24, 2.45) is 0 Å². The number of anilines is 1. The van der Waals surface area contributed by atoms with Gasteiger partial charge >= 0.3 is 0 Å². The number of sulfone groups is 1. The van der Waals surface area contributed by atoms with E-state index in [1.54, 1.807) is 37.4 Å². The molecule has 0 radical (unpaired) electrons. The van der Waals surface area contributed by atoms with Crippen LogP contribution < -0.4 is 15.4 Å². The quantitative estimate of drug-likeness (QED) is 0.341. The Kier molecular flexibility index (Phi) is 6.79. The number of carbonyl (C=O) groups excluding carboxylic acids is 1. The number of carbonyl (C=O) groups is 1. The fourth-order valence-electron chi connectivity index (χ4n) is 3.72. The highest BCUT2D eigenvalue weighted by molar-refractivity contribution is 7.90. The van der Waals surface area contributed by atoms with Crippen molar-refractivity contribution in [3.05, 3.63) is 77.6 Å². The van der Waals surface area contributed by atoms with E-state index in [1.165, 1.54) is 24.3 Å². The van der Waals surface area contributed by atoms with Crippen LogP contribution in [0.1, 0.15) is 22.8 Å². The van der Waals surface area contributed by atoms with Crippen LogP contribution in [0.2, 0.25) is 0 Å². The highest BCUT2D eigenvalue weighted by atomic mass is 32.2. The zero-order valence-corrected chi connectivity index (χ0v) is 20.3. The number of amides is 1. The second-order valence-electron chi connectivity index (χ2n) is 8.07. The van der Waals surface area contributed by atoms with Crippen LogP contribution >= 0.6 is 0 Å². The minimum Gasteiger partial charge on any atom is -0.457 e. The molecule has 0 aliphatic rings. The molecule has 1 heterocycles. The summed E-state index contributed by atoms with van der Waals surface area (Å²) >= 11 is 0. The molecule has 0 fully saturated rings. The number of rotatable bonds is 8. The van der Waals surface area contributed by atoms with E-state index in [9.17, 15) is 17.6 Å². The Balaban J connectivity index is 1.74. The number of fused-ring (bicyclic) bond motifs is 1. The number of hydrogen-bond donors (Lipinski definition) is 2. The van der Waals surface area contributed by atoms with E-state index in [0.29, 0.717) is 51.5 Å². The molecule has 9 heteroatoms. The molecule has 4 aromatic rings. The predicted octanol–water partition coefficient (Wildman–Crippen LogP) is 5.37. The molecule has 1 aromatic heterocycles. The summed E-state index contributed by atoms with van der Waals surface area (Å²) in [6.45, 7) is 1.95.